The maximum Gasteiger partial charge on any atom is 0.228 e. The van der Waals surface area contributed by atoms with Crippen LogP contribution >= 0.6 is 0 Å². The van der Waals surface area contributed by atoms with E-state index in [0.717, 1.165) is 50.2 Å². The number of nitrogens with zero attached hydrogens (tertiary/aromatic N) is 3. The van der Waals surface area contributed by atoms with Crippen molar-refractivity contribution in [3.63, 3.8) is 0 Å². The van der Waals surface area contributed by atoms with Gasteiger partial charge < -0.3 is 19.4 Å². The first kappa shape index (κ1) is 24.3. The summed E-state index contributed by atoms with van der Waals surface area (Å²) in [4.78, 5) is 32.5. The van der Waals surface area contributed by atoms with Crippen LogP contribution in [0.3, 0.4) is 0 Å². The highest BCUT2D eigenvalue weighted by Crippen LogP contribution is 2.37. The van der Waals surface area contributed by atoms with Crippen LogP contribution in [0.25, 0.3) is 0 Å². The van der Waals surface area contributed by atoms with E-state index in [1.165, 1.54) is 5.56 Å². The Morgan fingerprint density at radius 3 is 2.32 bits per heavy atom. The lowest BCUT2D eigenvalue weighted by Crippen LogP contribution is -2.56. The van der Waals surface area contributed by atoms with E-state index >= 15 is 0 Å². The van der Waals surface area contributed by atoms with E-state index in [1.807, 2.05) is 34.1 Å². The number of likely N-dealkylation sites (tertiary alicyclic amines) is 1. The van der Waals surface area contributed by atoms with Crippen LogP contribution in [0.2, 0.25) is 0 Å². The molecule has 2 fully saturated rings. The van der Waals surface area contributed by atoms with E-state index in [1.54, 1.807) is 14.0 Å². The molecule has 4 rings (SSSR count). The maximum absolute atomic E-state index is 13.7. The molecular weight excluding hydrogens is 426 g/mol. The van der Waals surface area contributed by atoms with Gasteiger partial charge >= 0.3 is 0 Å². The van der Waals surface area contributed by atoms with Crippen molar-refractivity contribution < 1.29 is 14.3 Å². The van der Waals surface area contributed by atoms with Gasteiger partial charge in [0.25, 0.3) is 0 Å². The van der Waals surface area contributed by atoms with Gasteiger partial charge in [0.15, 0.2) is 0 Å². The Labute approximate surface area is 203 Å². The van der Waals surface area contributed by atoms with Crippen LogP contribution < -0.4 is 4.74 Å². The summed E-state index contributed by atoms with van der Waals surface area (Å²) in [7, 11) is 1.65. The number of piperidine rings is 1. The Morgan fingerprint density at radius 1 is 0.971 bits per heavy atom. The zero-order chi connectivity index (χ0) is 24.1. The molecule has 0 radical (unpaired) electrons. The van der Waals surface area contributed by atoms with Crippen LogP contribution in [0.1, 0.15) is 43.9 Å². The molecule has 6 nitrogen and oxygen atoms in total. The van der Waals surface area contributed by atoms with Crippen molar-refractivity contribution in [1.29, 1.82) is 0 Å². The van der Waals surface area contributed by atoms with E-state index in [9.17, 15) is 9.59 Å². The van der Waals surface area contributed by atoms with Gasteiger partial charge in [-0.15, -0.1) is 0 Å². The summed E-state index contributed by atoms with van der Waals surface area (Å²) in [5.74, 6) is 1.00. The number of ether oxygens (including phenoxy) is 1. The molecule has 2 heterocycles. The van der Waals surface area contributed by atoms with Gasteiger partial charge in [-0.2, -0.15) is 0 Å². The largest absolute Gasteiger partial charge is 0.496 e. The fraction of sp³-hybridized carbons (Fsp3) is 0.500. The minimum Gasteiger partial charge on any atom is -0.496 e. The van der Waals surface area contributed by atoms with Crippen LogP contribution in [-0.4, -0.2) is 72.9 Å². The van der Waals surface area contributed by atoms with Gasteiger partial charge in [0.2, 0.25) is 11.8 Å². The number of carbonyl (C=O) groups is 2. The van der Waals surface area contributed by atoms with Crippen molar-refractivity contribution >= 4 is 11.8 Å². The monoisotopic (exact) mass is 463 g/mol. The summed E-state index contributed by atoms with van der Waals surface area (Å²) in [6, 6.07) is 18.2. The van der Waals surface area contributed by atoms with Crippen molar-refractivity contribution in [2.75, 3.05) is 46.4 Å². The lowest BCUT2D eigenvalue weighted by molar-refractivity contribution is -0.150. The zero-order valence-electron chi connectivity index (χ0n) is 20.7. The van der Waals surface area contributed by atoms with Gasteiger partial charge in [-0.3, -0.25) is 9.59 Å². The lowest BCUT2D eigenvalue weighted by atomic mass is 9.78. The Bertz CT molecular complexity index is 985. The lowest BCUT2D eigenvalue weighted by Gasteiger charge is -2.46. The summed E-state index contributed by atoms with van der Waals surface area (Å²) in [6.07, 6.45) is 2.78. The van der Waals surface area contributed by atoms with Gasteiger partial charge in [0.1, 0.15) is 5.75 Å². The van der Waals surface area contributed by atoms with Crippen LogP contribution in [0.5, 0.6) is 5.75 Å². The van der Waals surface area contributed by atoms with E-state index in [-0.39, 0.29) is 23.3 Å². The number of piperazine rings is 1. The summed E-state index contributed by atoms with van der Waals surface area (Å²) in [5.41, 5.74) is 1.96. The van der Waals surface area contributed by atoms with Gasteiger partial charge in [0.05, 0.1) is 13.2 Å². The number of rotatable bonds is 6. The Hall–Kier alpha value is -2.86. The number of benzene rings is 2. The predicted octanol–water partition coefficient (Wildman–Crippen LogP) is 3.77. The molecule has 34 heavy (non-hydrogen) atoms. The molecule has 6 heteroatoms. The number of carbonyl (C=O) groups excluding carboxylic acids is 2. The smallest absolute Gasteiger partial charge is 0.228 e. The summed E-state index contributed by atoms with van der Waals surface area (Å²) >= 11 is 0. The number of para-hydroxylation sites is 1. The average Bonchev–Trinajstić information content (AvgIpc) is 2.88. The third-order valence-corrected chi connectivity index (χ3v) is 7.61. The SMILES string of the molecule is COc1ccccc1[C@H]1CN(C(=O)C2(C)CCN(CCc3ccccc3)CC2)CCN1C(C)=O. The third-order valence-electron chi connectivity index (χ3n) is 7.61. The second kappa shape index (κ2) is 10.6. The van der Waals surface area contributed by atoms with Crippen molar-refractivity contribution in [2.45, 2.75) is 39.2 Å². The van der Waals surface area contributed by atoms with E-state index in [0.29, 0.717) is 19.6 Å². The number of hydrogen-bond donors (Lipinski definition) is 0. The summed E-state index contributed by atoms with van der Waals surface area (Å²) in [5, 5.41) is 0. The minimum atomic E-state index is -0.354. The Balaban J connectivity index is 1.40. The molecule has 182 valence electrons. The molecule has 2 aliphatic heterocycles. The van der Waals surface area contributed by atoms with Crippen molar-refractivity contribution in [3.8, 4) is 5.75 Å². The van der Waals surface area contributed by atoms with Crippen LogP contribution in [0, 0.1) is 5.41 Å². The highest BCUT2D eigenvalue weighted by molar-refractivity contribution is 5.83. The second-order valence-corrected chi connectivity index (χ2v) is 9.86. The van der Waals surface area contributed by atoms with Gasteiger partial charge in [-0.25, -0.2) is 0 Å². The first-order chi connectivity index (χ1) is 16.4. The predicted molar refractivity (Wildman–Crippen MR) is 134 cm³/mol. The summed E-state index contributed by atoms with van der Waals surface area (Å²) < 4.78 is 5.58. The number of methoxy groups -OCH3 is 1. The van der Waals surface area contributed by atoms with Crippen LogP contribution in [0.4, 0.5) is 0 Å². The molecule has 0 unspecified atom stereocenters. The summed E-state index contributed by atoms with van der Waals surface area (Å²) in [6.45, 7) is 8.27. The molecule has 2 aliphatic rings. The van der Waals surface area contributed by atoms with Crippen LogP contribution in [-0.2, 0) is 16.0 Å². The highest BCUT2D eigenvalue weighted by atomic mass is 16.5. The van der Waals surface area contributed by atoms with Crippen molar-refractivity contribution in [3.05, 3.63) is 65.7 Å². The molecule has 0 bridgehead atoms. The second-order valence-electron chi connectivity index (χ2n) is 9.86. The quantitative estimate of drug-likeness (QED) is 0.654. The van der Waals surface area contributed by atoms with Gasteiger partial charge in [-0.1, -0.05) is 55.5 Å². The fourth-order valence-electron chi connectivity index (χ4n) is 5.35. The Morgan fingerprint density at radius 2 is 1.65 bits per heavy atom. The Kier molecular flexibility index (Phi) is 7.57. The molecular formula is C28H37N3O3. The van der Waals surface area contributed by atoms with E-state index in [4.69, 9.17) is 4.74 Å². The molecule has 0 N–H and O–H groups in total. The third kappa shape index (κ3) is 5.27. The molecule has 0 aliphatic carbocycles. The van der Waals surface area contributed by atoms with Gasteiger partial charge in [-0.05, 0) is 44.0 Å². The fourth-order valence-corrected chi connectivity index (χ4v) is 5.35. The average molecular weight is 464 g/mol. The number of hydrogen-bond acceptors (Lipinski definition) is 4. The normalized spacial score (nSPS) is 20.7. The first-order valence-electron chi connectivity index (χ1n) is 12.4. The standard InChI is InChI=1S/C28H37N3O3/c1-22(32)31-20-19-30(21-25(31)24-11-7-8-12-26(24)34-3)27(33)28(2)14-17-29(18-15-28)16-13-23-9-5-4-6-10-23/h4-12,25H,13-21H2,1-3H3/t25-/m1/s1. The minimum absolute atomic E-state index is 0.0286. The van der Waals surface area contributed by atoms with Crippen molar-refractivity contribution in [1.82, 2.24) is 14.7 Å². The van der Waals surface area contributed by atoms with E-state index in [2.05, 4.69) is 42.2 Å². The molecule has 2 aromatic carbocycles. The molecule has 2 saturated heterocycles. The first-order valence-corrected chi connectivity index (χ1v) is 12.4. The zero-order valence-corrected chi connectivity index (χ0v) is 20.7. The molecule has 2 aromatic rings. The van der Waals surface area contributed by atoms with Gasteiger partial charge in [0, 0.05) is 44.1 Å². The maximum atomic E-state index is 13.7. The molecule has 0 aromatic heterocycles. The van der Waals surface area contributed by atoms with E-state index < -0.39 is 0 Å². The topological polar surface area (TPSA) is 53.1 Å². The molecule has 1 atom stereocenters. The molecule has 0 spiro atoms. The number of amides is 2. The van der Waals surface area contributed by atoms with Crippen LogP contribution in [0.15, 0.2) is 54.6 Å². The van der Waals surface area contributed by atoms with Crippen molar-refractivity contribution in [2.24, 2.45) is 5.41 Å². The highest BCUT2D eigenvalue weighted by Gasteiger charge is 2.42. The molecule has 2 amide bonds. The molecule has 0 saturated carbocycles.